The Morgan fingerprint density at radius 3 is 2.61 bits per heavy atom. The number of anilines is 1. The molecule has 3 N–H and O–H groups in total. The summed E-state index contributed by atoms with van der Waals surface area (Å²) in [5, 5.41) is 17.2. The lowest BCUT2D eigenvalue weighted by Gasteiger charge is -2.35. The molecule has 6 nitrogen and oxygen atoms in total. The zero-order valence-electron chi connectivity index (χ0n) is 10.8. The number of carbonyl (C=O) groups excluding carboxylic acids is 1. The molecule has 1 aliphatic rings. The van der Waals surface area contributed by atoms with Gasteiger partial charge in [0, 0.05) is 12.6 Å². The van der Waals surface area contributed by atoms with Crippen molar-refractivity contribution in [2.45, 2.75) is 25.3 Å². The van der Waals surface area contributed by atoms with Crippen molar-refractivity contribution < 1.29 is 4.79 Å². The first-order valence-electron chi connectivity index (χ1n) is 6.18. The van der Waals surface area contributed by atoms with Crippen LogP contribution in [-0.4, -0.2) is 41.8 Å². The lowest BCUT2D eigenvalue weighted by Crippen LogP contribution is -2.45. The first-order valence-corrected chi connectivity index (χ1v) is 6.18. The van der Waals surface area contributed by atoms with E-state index in [0.717, 1.165) is 25.9 Å². The molecule has 98 valence electrons. The van der Waals surface area contributed by atoms with E-state index < -0.39 is 0 Å². The monoisotopic (exact) mass is 249 g/mol. The Labute approximate surface area is 107 Å². The predicted octanol–water partition coefficient (Wildman–Crippen LogP) is 0.390. The van der Waals surface area contributed by atoms with Crippen LogP contribution in [0.5, 0.6) is 0 Å². The quantitative estimate of drug-likeness (QED) is 0.722. The molecule has 0 atom stereocenters. The standard InChI is InChI=1S/C12H19N5O/c1-12(5-7-14-8-6-12)15-10-4-3-9(16-17-10)11(18)13-2/h3-4,14H,5-8H2,1-2H3,(H,13,18)(H,15,17). The van der Waals surface area contributed by atoms with E-state index in [1.807, 2.05) is 0 Å². The maximum atomic E-state index is 11.3. The Balaban J connectivity index is 2.03. The predicted molar refractivity (Wildman–Crippen MR) is 69.6 cm³/mol. The van der Waals surface area contributed by atoms with Gasteiger partial charge in [0.2, 0.25) is 0 Å². The summed E-state index contributed by atoms with van der Waals surface area (Å²) in [6.45, 7) is 4.20. The topological polar surface area (TPSA) is 78.9 Å². The molecule has 6 heteroatoms. The van der Waals surface area contributed by atoms with Crippen LogP contribution in [0.3, 0.4) is 0 Å². The van der Waals surface area contributed by atoms with Gasteiger partial charge in [-0.2, -0.15) is 0 Å². The smallest absolute Gasteiger partial charge is 0.271 e. The second kappa shape index (κ2) is 5.30. The van der Waals surface area contributed by atoms with E-state index in [2.05, 4.69) is 33.1 Å². The molecule has 1 aliphatic heterocycles. The number of carbonyl (C=O) groups is 1. The summed E-state index contributed by atoms with van der Waals surface area (Å²) in [6, 6.07) is 3.48. The molecule has 0 aromatic carbocycles. The number of rotatable bonds is 3. The van der Waals surface area contributed by atoms with Gasteiger partial charge in [-0.05, 0) is 45.0 Å². The molecule has 18 heavy (non-hydrogen) atoms. The molecule has 0 spiro atoms. The summed E-state index contributed by atoms with van der Waals surface area (Å²) in [5.74, 6) is 0.495. The summed E-state index contributed by atoms with van der Waals surface area (Å²) in [4.78, 5) is 11.3. The summed E-state index contributed by atoms with van der Waals surface area (Å²) in [5.41, 5.74) is 0.382. The van der Waals surface area contributed by atoms with Gasteiger partial charge in [-0.1, -0.05) is 0 Å². The second-order valence-electron chi connectivity index (χ2n) is 4.82. The number of hydrogen-bond acceptors (Lipinski definition) is 5. The summed E-state index contributed by atoms with van der Waals surface area (Å²) >= 11 is 0. The lowest BCUT2D eigenvalue weighted by molar-refractivity contribution is 0.0957. The van der Waals surface area contributed by atoms with E-state index in [9.17, 15) is 4.79 Å². The minimum absolute atomic E-state index is 0.0501. The highest BCUT2D eigenvalue weighted by atomic mass is 16.1. The number of nitrogens with one attached hydrogen (secondary N) is 3. The third kappa shape index (κ3) is 2.95. The van der Waals surface area contributed by atoms with Gasteiger partial charge >= 0.3 is 0 Å². The fraction of sp³-hybridized carbons (Fsp3) is 0.583. The maximum Gasteiger partial charge on any atom is 0.271 e. The zero-order chi connectivity index (χ0) is 13.0. The normalized spacial score (nSPS) is 18.1. The molecule has 1 saturated heterocycles. The van der Waals surface area contributed by atoms with Crippen LogP contribution in [-0.2, 0) is 0 Å². The fourth-order valence-electron chi connectivity index (χ4n) is 2.06. The van der Waals surface area contributed by atoms with Crippen LogP contribution in [0.15, 0.2) is 12.1 Å². The van der Waals surface area contributed by atoms with Crippen LogP contribution in [0, 0.1) is 0 Å². The highest BCUT2D eigenvalue weighted by Gasteiger charge is 2.26. The third-order valence-corrected chi connectivity index (χ3v) is 3.26. The van der Waals surface area contributed by atoms with E-state index in [0.29, 0.717) is 11.5 Å². The highest BCUT2D eigenvalue weighted by molar-refractivity contribution is 5.91. The molecule has 0 unspecified atom stereocenters. The molecule has 0 radical (unpaired) electrons. The fourth-order valence-corrected chi connectivity index (χ4v) is 2.06. The van der Waals surface area contributed by atoms with Crippen LogP contribution in [0.25, 0.3) is 0 Å². The third-order valence-electron chi connectivity index (χ3n) is 3.26. The summed E-state index contributed by atoms with van der Waals surface area (Å²) in [7, 11) is 1.58. The molecular weight excluding hydrogens is 230 g/mol. The van der Waals surface area contributed by atoms with Crippen LogP contribution in [0.4, 0.5) is 5.82 Å². The van der Waals surface area contributed by atoms with Gasteiger partial charge in [0.15, 0.2) is 5.69 Å². The average Bonchev–Trinajstić information content (AvgIpc) is 2.39. The number of aromatic nitrogens is 2. The van der Waals surface area contributed by atoms with Gasteiger partial charge in [-0.3, -0.25) is 4.79 Å². The molecule has 2 heterocycles. The van der Waals surface area contributed by atoms with Crippen molar-refractivity contribution in [3.05, 3.63) is 17.8 Å². The van der Waals surface area contributed by atoms with Crippen molar-refractivity contribution in [1.29, 1.82) is 0 Å². The van der Waals surface area contributed by atoms with Crippen molar-refractivity contribution in [1.82, 2.24) is 20.8 Å². The van der Waals surface area contributed by atoms with Crippen molar-refractivity contribution >= 4 is 11.7 Å². The summed E-state index contributed by atoms with van der Waals surface area (Å²) in [6.07, 6.45) is 2.09. The van der Waals surface area contributed by atoms with Crippen molar-refractivity contribution in [3.8, 4) is 0 Å². The van der Waals surface area contributed by atoms with Crippen LogP contribution in [0.2, 0.25) is 0 Å². The van der Waals surface area contributed by atoms with E-state index in [1.165, 1.54) is 0 Å². The average molecular weight is 249 g/mol. The van der Waals surface area contributed by atoms with Crippen LogP contribution >= 0.6 is 0 Å². The number of amides is 1. The van der Waals surface area contributed by atoms with Crippen LogP contribution in [0.1, 0.15) is 30.3 Å². The van der Waals surface area contributed by atoms with Gasteiger partial charge < -0.3 is 16.0 Å². The van der Waals surface area contributed by atoms with Crippen molar-refractivity contribution in [2.24, 2.45) is 0 Å². The molecule has 1 aromatic rings. The van der Waals surface area contributed by atoms with E-state index in [4.69, 9.17) is 0 Å². The number of hydrogen-bond donors (Lipinski definition) is 3. The summed E-state index contributed by atoms with van der Waals surface area (Å²) < 4.78 is 0. The minimum Gasteiger partial charge on any atom is -0.363 e. The van der Waals surface area contributed by atoms with Crippen molar-refractivity contribution in [2.75, 3.05) is 25.5 Å². The largest absolute Gasteiger partial charge is 0.363 e. The SMILES string of the molecule is CNC(=O)c1ccc(NC2(C)CCNCC2)nn1. The molecule has 2 rings (SSSR count). The number of piperidine rings is 1. The zero-order valence-corrected chi connectivity index (χ0v) is 10.8. The van der Waals surface area contributed by atoms with Gasteiger partial charge in [0.25, 0.3) is 5.91 Å². The Kier molecular flexibility index (Phi) is 3.76. The van der Waals surface area contributed by atoms with Crippen LogP contribution < -0.4 is 16.0 Å². The Hall–Kier alpha value is -1.69. The Morgan fingerprint density at radius 2 is 2.06 bits per heavy atom. The Bertz CT molecular complexity index is 411. The van der Waals surface area contributed by atoms with Gasteiger partial charge in [-0.25, -0.2) is 0 Å². The number of nitrogens with zero attached hydrogens (tertiary/aromatic N) is 2. The molecular formula is C12H19N5O. The van der Waals surface area contributed by atoms with Crippen molar-refractivity contribution in [3.63, 3.8) is 0 Å². The Morgan fingerprint density at radius 1 is 1.33 bits per heavy atom. The molecule has 0 saturated carbocycles. The van der Waals surface area contributed by atoms with E-state index in [-0.39, 0.29) is 11.4 Å². The highest BCUT2D eigenvalue weighted by Crippen LogP contribution is 2.22. The minimum atomic E-state index is -0.220. The molecule has 1 amide bonds. The first-order chi connectivity index (χ1) is 8.63. The first kappa shape index (κ1) is 12.8. The second-order valence-corrected chi connectivity index (χ2v) is 4.82. The van der Waals surface area contributed by atoms with E-state index in [1.54, 1.807) is 19.2 Å². The van der Waals surface area contributed by atoms with E-state index >= 15 is 0 Å². The lowest BCUT2D eigenvalue weighted by atomic mass is 9.91. The molecule has 1 fully saturated rings. The van der Waals surface area contributed by atoms with Gasteiger partial charge in [0.1, 0.15) is 5.82 Å². The molecule has 0 bridgehead atoms. The molecule has 0 aliphatic carbocycles. The van der Waals surface area contributed by atoms with Gasteiger partial charge in [-0.15, -0.1) is 10.2 Å². The maximum absolute atomic E-state index is 11.3. The van der Waals surface area contributed by atoms with Gasteiger partial charge in [0.05, 0.1) is 0 Å². The molecule has 1 aromatic heterocycles.